The van der Waals surface area contributed by atoms with E-state index in [1.165, 1.54) is 18.7 Å². The first-order valence-electron chi connectivity index (χ1n) is 6.46. The number of carboxylic acid groups (broad SMARTS) is 1. The van der Waals surface area contributed by atoms with Crippen molar-refractivity contribution in [3.8, 4) is 0 Å². The average Bonchev–Trinajstić information content (AvgIpc) is 2.70. The van der Waals surface area contributed by atoms with Gasteiger partial charge in [-0.1, -0.05) is 6.92 Å². The van der Waals surface area contributed by atoms with Crippen LogP contribution in [0.2, 0.25) is 0 Å². The number of hydrogen-bond acceptors (Lipinski definition) is 3. The third kappa shape index (κ3) is 2.81. The maximum absolute atomic E-state index is 12.2. The molecule has 1 aromatic heterocycles. The monoisotopic (exact) mass is 281 g/mol. The van der Waals surface area contributed by atoms with E-state index >= 15 is 0 Å². The summed E-state index contributed by atoms with van der Waals surface area (Å²) in [6.07, 6.45) is 3.03. The molecule has 1 aliphatic carbocycles. The number of carboxylic acids is 1. The van der Waals surface area contributed by atoms with E-state index < -0.39 is 11.5 Å². The normalized spacial score (nSPS) is 18.8. The Hall–Kier alpha value is -1.36. The van der Waals surface area contributed by atoms with Crippen LogP contribution in [0.3, 0.4) is 0 Å². The van der Waals surface area contributed by atoms with Crippen LogP contribution in [0.25, 0.3) is 0 Å². The molecule has 5 heteroatoms. The largest absolute Gasteiger partial charge is 0.480 e. The van der Waals surface area contributed by atoms with Crippen molar-refractivity contribution in [2.45, 2.75) is 45.6 Å². The topological polar surface area (TPSA) is 66.4 Å². The van der Waals surface area contributed by atoms with Gasteiger partial charge in [-0.05, 0) is 44.6 Å². The highest BCUT2D eigenvalue weighted by Gasteiger charge is 2.31. The third-order valence-corrected chi connectivity index (χ3v) is 4.66. The highest BCUT2D eigenvalue weighted by atomic mass is 32.1. The summed E-state index contributed by atoms with van der Waals surface area (Å²) < 4.78 is 0. The molecule has 1 amide bonds. The second-order valence-electron chi connectivity index (χ2n) is 5.78. The minimum absolute atomic E-state index is 0.278. The van der Waals surface area contributed by atoms with E-state index in [1.54, 1.807) is 11.3 Å². The number of thiophene rings is 1. The van der Waals surface area contributed by atoms with Gasteiger partial charge in [-0.3, -0.25) is 4.79 Å². The predicted octanol–water partition coefficient (Wildman–Crippen LogP) is 2.47. The standard InChI is InChI=1S/C14H19NO3S/c1-8-4-5-9-10(7-19-11(9)6-8)12(16)15-14(2,3)13(17)18/h7-8H,4-6H2,1-3H3,(H,15,16)(H,17,18). The van der Waals surface area contributed by atoms with Crippen molar-refractivity contribution in [1.29, 1.82) is 0 Å². The van der Waals surface area contributed by atoms with Gasteiger partial charge in [0.05, 0.1) is 5.56 Å². The molecule has 0 spiro atoms. The van der Waals surface area contributed by atoms with E-state index in [2.05, 4.69) is 12.2 Å². The quantitative estimate of drug-likeness (QED) is 0.894. The summed E-state index contributed by atoms with van der Waals surface area (Å²) in [6.45, 7) is 5.21. The summed E-state index contributed by atoms with van der Waals surface area (Å²) >= 11 is 1.61. The molecule has 0 radical (unpaired) electrons. The molecule has 1 unspecified atom stereocenters. The van der Waals surface area contributed by atoms with Gasteiger partial charge in [0.15, 0.2) is 0 Å². The fourth-order valence-electron chi connectivity index (χ4n) is 2.27. The summed E-state index contributed by atoms with van der Waals surface area (Å²) in [6, 6.07) is 0. The minimum atomic E-state index is -1.24. The smallest absolute Gasteiger partial charge is 0.328 e. The van der Waals surface area contributed by atoms with Gasteiger partial charge in [0.2, 0.25) is 0 Å². The van der Waals surface area contributed by atoms with Gasteiger partial charge in [-0.25, -0.2) is 4.79 Å². The SMILES string of the molecule is CC1CCc2c(C(=O)NC(C)(C)C(=O)O)csc2C1. The highest BCUT2D eigenvalue weighted by molar-refractivity contribution is 7.10. The second-order valence-corrected chi connectivity index (χ2v) is 6.75. The summed E-state index contributed by atoms with van der Waals surface area (Å²) in [5.74, 6) is -0.643. The fourth-order valence-corrected chi connectivity index (χ4v) is 3.52. The summed E-state index contributed by atoms with van der Waals surface area (Å²) in [5.41, 5.74) is 0.524. The minimum Gasteiger partial charge on any atom is -0.480 e. The highest BCUT2D eigenvalue weighted by Crippen LogP contribution is 2.32. The molecule has 19 heavy (non-hydrogen) atoms. The maximum atomic E-state index is 12.2. The Morgan fingerprint density at radius 3 is 2.79 bits per heavy atom. The van der Waals surface area contributed by atoms with Crippen molar-refractivity contribution in [2.75, 3.05) is 0 Å². The van der Waals surface area contributed by atoms with Crippen LogP contribution in [0.5, 0.6) is 0 Å². The molecule has 0 aromatic carbocycles. The van der Waals surface area contributed by atoms with E-state index in [9.17, 15) is 9.59 Å². The molecular weight excluding hydrogens is 262 g/mol. The predicted molar refractivity (Wildman–Crippen MR) is 74.7 cm³/mol. The number of carbonyl (C=O) groups is 2. The van der Waals surface area contributed by atoms with Crippen molar-refractivity contribution >= 4 is 23.2 Å². The van der Waals surface area contributed by atoms with Gasteiger partial charge in [-0.15, -0.1) is 11.3 Å². The zero-order valence-electron chi connectivity index (χ0n) is 11.4. The molecule has 1 aromatic rings. The lowest BCUT2D eigenvalue weighted by Gasteiger charge is -2.22. The molecule has 1 aliphatic rings. The van der Waals surface area contributed by atoms with Crippen LogP contribution in [-0.2, 0) is 17.6 Å². The molecule has 0 saturated carbocycles. The fraction of sp³-hybridized carbons (Fsp3) is 0.571. The first-order chi connectivity index (χ1) is 8.81. The van der Waals surface area contributed by atoms with Gasteiger partial charge in [-0.2, -0.15) is 0 Å². The Bertz CT molecular complexity index is 519. The Balaban J connectivity index is 2.20. The average molecular weight is 281 g/mol. The Morgan fingerprint density at radius 1 is 1.47 bits per heavy atom. The first-order valence-corrected chi connectivity index (χ1v) is 7.34. The number of carbonyl (C=O) groups excluding carboxylic acids is 1. The molecule has 0 saturated heterocycles. The Labute approximate surface area is 116 Å². The summed E-state index contributed by atoms with van der Waals surface area (Å²) in [4.78, 5) is 24.5. The van der Waals surface area contributed by atoms with Crippen molar-refractivity contribution in [1.82, 2.24) is 5.32 Å². The van der Waals surface area contributed by atoms with E-state index in [0.717, 1.165) is 24.8 Å². The Morgan fingerprint density at radius 2 is 2.16 bits per heavy atom. The molecule has 1 atom stereocenters. The van der Waals surface area contributed by atoms with Crippen molar-refractivity contribution in [3.63, 3.8) is 0 Å². The number of rotatable bonds is 3. The molecule has 2 N–H and O–H groups in total. The molecule has 1 heterocycles. The van der Waals surface area contributed by atoms with Crippen LogP contribution in [0, 0.1) is 5.92 Å². The lowest BCUT2D eigenvalue weighted by Crippen LogP contribution is -2.49. The van der Waals surface area contributed by atoms with Gasteiger partial charge in [0.25, 0.3) is 5.91 Å². The van der Waals surface area contributed by atoms with Crippen molar-refractivity contribution < 1.29 is 14.7 Å². The zero-order valence-corrected chi connectivity index (χ0v) is 12.3. The summed E-state index contributed by atoms with van der Waals surface area (Å²) in [5, 5.41) is 13.5. The van der Waals surface area contributed by atoms with Crippen LogP contribution in [0.1, 0.15) is 48.0 Å². The maximum Gasteiger partial charge on any atom is 0.328 e. The van der Waals surface area contributed by atoms with Crippen LogP contribution >= 0.6 is 11.3 Å². The van der Waals surface area contributed by atoms with E-state index in [4.69, 9.17) is 5.11 Å². The number of hydrogen-bond donors (Lipinski definition) is 2. The molecule has 0 bridgehead atoms. The van der Waals surface area contributed by atoms with E-state index in [0.29, 0.717) is 11.5 Å². The number of fused-ring (bicyclic) bond motifs is 1. The zero-order chi connectivity index (χ0) is 14.2. The lowest BCUT2D eigenvalue weighted by molar-refractivity contribution is -0.143. The van der Waals surface area contributed by atoms with Gasteiger partial charge in [0.1, 0.15) is 5.54 Å². The van der Waals surface area contributed by atoms with Crippen molar-refractivity contribution in [3.05, 3.63) is 21.4 Å². The van der Waals surface area contributed by atoms with Crippen LogP contribution < -0.4 is 5.32 Å². The molecule has 0 fully saturated rings. The molecule has 104 valence electrons. The van der Waals surface area contributed by atoms with E-state index in [-0.39, 0.29) is 5.91 Å². The van der Waals surface area contributed by atoms with Crippen LogP contribution in [0.4, 0.5) is 0 Å². The third-order valence-electron chi connectivity index (χ3n) is 3.61. The van der Waals surface area contributed by atoms with Crippen LogP contribution in [0.15, 0.2) is 5.38 Å². The van der Waals surface area contributed by atoms with Crippen LogP contribution in [-0.4, -0.2) is 22.5 Å². The number of aliphatic carboxylic acids is 1. The van der Waals surface area contributed by atoms with E-state index in [1.807, 2.05) is 5.38 Å². The van der Waals surface area contributed by atoms with Crippen molar-refractivity contribution in [2.24, 2.45) is 5.92 Å². The molecule has 0 aliphatic heterocycles. The lowest BCUT2D eigenvalue weighted by atomic mass is 9.88. The molecule has 4 nitrogen and oxygen atoms in total. The van der Waals surface area contributed by atoms with Gasteiger partial charge in [0, 0.05) is 10.3 Å². The number of amides is 1. The van der Waals surface area contributed by atoms with Gasteiger partial charge < -0.3 is 10.4 Å². The second kappa shape index (κ2) is 4.96. The summed E-state index contributed by atoms with van der Waals surface area (Å²) in [7, 11) is 0. The first kappa shape index (κ1) is 14.1. The molecule has 2 rings (SSSR count). The molecular formula is C14H19NO3S. The number of nitrogens with one attached hydrogen (secondary N) is 1. The van der Waals surface area contributed by atoms with Gasteiger partial charge >= 0.3 is 5.97 Å². The Kier molecular flexibility index (Phi) is 3.67.